The number of aromatic nitrogens is 2. The van der Waals surface area contributed by atoms with Crippen LogP contribution in [0.5, 0.6) is 5.75 Å². The molecule has 1 heterocycles. The van der Waals surface area contributed by atoms with E-state index in [1.165, 1.54) is 0 Å². The Hall–Kier alpha value is -1.33. The summed E-state index contributed by atoms with van der Waals surface area (Å²) in [5, 5.41) is 3.24. The Bertz CT molecular complexity index is 568. The lowest BCUT2D eigenvalue weighted by Gasteiger charge is -2.17. The third kappa shape index (κ3) is 3.61. The van der Waals surface area contributed by atoms with Gasteiger partial charge in [-0.15, -0.1) is 0 Å². The van der Waals surface area contributed by atoms with Gasteiger partial charge in [0, 0.05) is 28.5 Å². The van der Waals surface area contributed by atoms with E-state index in [-0.39, 0.29) is 6.04 Å². The molecule has 0 aliphatic rings. The fourth-order valence-electron chi connectivity index (χ4n) is 2.04. The van der Waals surface area contributed by atoms with Crippen LogP contribution in [0.1, 0.15) is 24.4 Å². The Morgan fingerprint density at radius 3 is 2.90 bits per heavy atom. The van der Waals surface area contributed by atoms with Crippen LogP contribution < -0.4 is 10.1 Å². The Labute approximate surface area is 128 Å². The normalized spacial score (nSPS) is 12.4. The molecule has 1 aromatic carbocycles. The van der Waals surface area contributed by atoms with Crippen molar-refractivity contribution in [3.63, 3.8) is 0 Å². The second-order valence-electron chi connectivity index (χ2n) is 4.71. The van der Waals surface area contributed by atoms with Gasteiger partial charge >= 0.3 is 0 Å². The summed E-state index contributed by atoms with van der Waals surface area (Å²) in [6.45, 7) is 5.53. The van der Waals surface area contributed by atoms with E-state index in [2.05, 4.69) is 43.8 Å². The van der Waals surface area contributed by atoms with Crippen LogP contribution >= 0.6 is 15.9 Å². The van der Waals surface area contributed by atoms with Crippen molar-refractivity contribution in [2.45, 2.75) is 26.4 Å². The molecule has 1 atom stereocenters. The lowest BCUT2D eigenvalue weighted by atomic mass is 10.1. The average Bonchev–Trinajstić information content (AvgIpc) is 2.84. The van der Waals surface area contributed by atoms with Crippen molar-refractivity contribution in [2.75, 3.05) is 13.7 Å². The maximum absolute atomic E-state index is 5.95. The maximum atomic E-state index is 5.95. The molecule has 0 fully saturated rings. The number of hydrogen-bond acceptors (Lipinski definition) is 3. The molecule has 0 aliphatic heterocycles. The van der Waals surface area contributed by atoms with Gasteiger partial charge in [0.25, 0.3) is 0 Å². The summed E-state index contributed by atoms with van der Waals surface area (Å²) in [4.78, 5) is 4.21. The van der Waals surface area contributed by atoms with Crippen LogP contribution in [0.3, 0.4) is 0 Å². The largest absolute Gasteiger partial charge is 0.491 e. The lowest BCUT2D eigenvalue weighted by molar-refractivity contribution is 0.292. The first-order chi connectivity index (χ1) is 9.61. The van der Waals surface area contributed by atoms with E-state index in [9.17, 15) is 0 Å². The summed E-state index contributed by atoms with van der Waals surface area (Å²) in [6, 6.07) is 6.40. The summed E-state index contributed by atoms with van der Waals surface area (Å²) in [6.07, 6.45) is 3.78. The van der Waals surface area contributed by atoms with Crippen LogP contribution in [0.25, 0.3) is 0 Å². The van der Waals surface area contributed by atoms with E-state index in [0.717, 1.165) is 28.2 Å². The Kier molecular flexibility index (Phi) is 5.20. The molecule has 5 heteroatoms. The second kappa shape index (κ2) is 6.90. The van der Waals surface area contributed by atoms with E-state index in [1.807, 2.05) is 38.5 Å². The third-order valence-electron chi connectivity index (χ3n) is 3.39. The van der Waals surface area contributed by atoms with Crippen LogP contribution in [0.15, 0.2) is 35.1 Å². The van der Waals surface area contributed by atoms with Gasteiger partial charge in [0.2, 0.25) is 0 Å². The van der Waals surface area contributed by atoms with Crippen molar-refractivity contribution in [1.82, 2.24) is 14.9 Å². The molecular weight excluding hydrogens is 318 g/mol. The molecule has 0 aliphatic carbocycles. The summed E-state index contributed by atoms with van der Waals surface area (Å²) in [5.41, 5.74) is 1.16. The van der Waals surface area contributed by atoms with Crippen molar-refractivity contribution < 1.29 is 4.74 Å². The molecule has 0 spiro atoms. The number of aryl methyl sites for hydroxylation is 1. The molecule has 1 unspecified atom stereocenters. The fourth-order valence-corrected chi connectivity index (χ4v) is 2.38. The number of hydrogen-bond donors (Lipinski definition) is 1. The van der Waals surface area contributed by atoms with Gasteiger partial charge < -0.3 is 14.6 Å². The van der Waals surface area contributed by atoms with Gasteiger partial charge in [-0.2, -0.15) is 0 Å². The van der Waals surface area contributed by atoms with Crippen molar-refractivity contribution in [1.29, 1.82) is 0 Å². The SMILES string of the molecule is CNC(C)c1ccc(Br)cc1OCCn1ccnc1C. The van der Waals surface area contributed by atoms with Crippen molar-refractivity contribution in [2.24, 2.45) is 0 Å². The molecule has 4 nitrogen and oxygen atoms in total. The van der Waals surface area contributed by atoms with E-state index in [0.29, 0.717) is 6.61 Å². The number of benzene rings is 1. The highest BCUT2D eigenvalue weighted by Gasteiger charge is 2.10. The number of nitrogens with one attached hydrogen (secondary N) is 1. The molecule has 108 valence electrons. The summed E-state index contributed by atoms with van der Waals surface area (Å²) >= 11 is 3.49. The van der Waals surface area contributed by atoms with Crippen LogP contribution in [0, 0.1) is 6.92 Å². The fraction of sp³-hybridized carbons (Fsp3) is 0.400. The summed E-state index contributed by atoms with van der Waals surface area (Å²) < 4.78 is 9.06. The molecule has 1 N–H and O–H groups in total. The maximum Gasteiger partial charge on any atom is 0.125 e. The second-order valence-corrected chi connectivity index (χ2v) is 5.62. The zero-order valence-corrected chi connectivity index (χ0v) is 13.6. The van der Waals surface area contributed by atoms with Gasteiger partial charge in [0.15, 0.2) is 0 Å². The molecule has 2 aromatic rings. The number of imidazole rings is 1. The first kappa shape index (κ1) is 15.1. The van der Waals surface area contributed by atoms with Gasteiger partial charge in [-0.3, -0.25) is 0 Å². The number of nitrogens with zero attached hydrogens (tertiary/aromatic N) is 2. The van der Waals surface area contributed by atoms with Crippen molar-refractivity contribution >= 4 is 15.9 Å². The first-order valence-corrected chi connectivity index (χ1v) is 7.48. The van der Waals surface area contributed by atoms with Crippen LogP contribution in [-0.4, -0.2) is 23.2 Å². The summed E-state index contributed by atoms with van der Waals surface area (Å²) in [5.74, 6) is 1.92. The molecule has 0 saturated carbocycles. The number of rotatable bonds is 6. The molecule has 0 radical (unpaired) electrons. The number of ether oxygens (including phenoxy) is 1. The van der Waals surface area contributed by atoms with Crippen molar-refractivity contribution in [3.8, 4) is 5.75 Å². The predicted octanol–water partition coefficient (Wildman–Crippen LogP) is 3.31. The van der Waals surface area contributed by atoms with Gasteiger partial charge in [0.1, 0.15) is 18.2 Å². The van der Waals surface area contributed by atoms with Gasteiger partial charge in [-0.1, -0.05) is 22.0 Å². The Morgan fingerprint density at radius 2 is 2.25 bits per heavy atom. The highest BCUT2D eigenvalue weighted by molar-refractivity contribution is 9.10. The molecule has 2 rings (SSSR count). The standard InChI is InChI=1S/C15H20BrN3O/c1-11(17-3)14-5-4-13(16)10-15(14)20-9-8-19-7-6-18-12(19)2/h4-7,10-11,17H,8-9H2,1-3H3. The Morgan fingerprint density at radius 1 is 1.45 bits per heavy atom. The molecule has 0 bridgehead atoms. The van der Waals surface area contributed by atoms with E-state index >= 15 is 0 Å². The van der Waals surface area contributed by atoms with Gasteiger partial charge in [0.05, 0.1) is 6.54 Å². The monoisotopic (exact) mass is 337 g/mol. The van der Waals surface area contributed by atoms with Gasteiger partial charge in [-0.25, -0.2) is 4.98 Å². The Balaban J connectivity index is 2.04. The minimum atomic E-state index is 0.257. The quantitative estimate of drug-likeness (QED) is 0.878. The van der Waals surface area contributed by atoms with Gasteiger partial charge in [-0.05, 0) is 33.0 Å². The zero-order valence-electron chi connectivity index (χ0n) is 12.1. The first-order valence-electron chi connectivity index (χ1n) is 6.69. The molecular formula is C15H20BrN3O. The highest BCUT2D eigenvalue weighted by Crippen LogP contribution is 2.28. The average molecular weight is 338 g/mol. The smallest absolute Gasteiger partial charge is 0.125 e. The van der Waals surface area contributed by atoms with Crippen molar-refractivity contribution in [3.05, 3.63) is 46.5 Å². The third-order valence-corrected chi connectivity index (χ3v) is 3.88. The zero-order chi connectivity index (χ0) is 14.5. The topological polar surface area (TPSA) is 39.1 Å². The molecule has 1 aromatic heterocycles. The summed E-state index contributed by atoms with van der Waals surface area (Å²) in [7, 11) is 1.95. The lowest BCUT2D eigenvalue weighted by Crippen LogP contribution is -2.15. The van der Waals surface area contributed by atoms with Crippen LogP contribution in [0.2, 0.25) is 0 Å². The minimum absolute atomic E-state index is 0.257. The molecule has 0 amide bonds. The predicted molar refractivity (Wildman–Crippen MR) is 84.1 cm³/mol. The van der Waals surface area contributed by atoms with Crippen LogP contribution in [0.4, 0.5) is 0 Å². The molecule has 20 heavy (non-hydrogen) atoms. The van der Waals surface area contributed by atoms with E-state index < -0.39 is 0 Å². The number of halogens is 1. The van der Waals surface area contributed by atoms with Crippen LogP contribution in [-0.2, 0) is 6.54 Å². The van der Waals surface area contributed by atoms with E-state index in [4.69, 9.17) is 4.74 Å². The molecule has 0 saturated heterocycles. The highest BCUT2D eigenvalue weighted by atomic mass is 79.9. The van der Waals surface area contributed by atoms with E-state index in [1.54, 1.807) is 0 Å². The minimum Gasteiger partial charge on any atom is -0.491 e.